The Morgan fingerprint density at radius 1 is 0.622 bits per heavy atom. The fraction of sp³-hybridized carbons (Fsp3) is 0.150. The van der Waals surface area contributed by atoms with E-state index in [0.29, 0.717) is 0 Å². The summed E-state index contributed by atoms with van der Waals surface area (Å²) in [6.07, 6.45) is 6.65. The number of hydrogen-bond acceptors (Lipinski definition) is 4. The van der Waals surface area contributed by atoms with Crippen LogP contribution in [0.15, 0.2) is 134 Å². The molecule has 1 aliphatic rings. The van der Waals surface area contributed by atoms with E-state index in [4.69, 9.17) is 4.98 Å². The van der Waals surface area contributed by atoms with E-state index in [0.717, 1.165) is 50.3 Å². The highest BCUT2D eigenvalue weighted by atomic mass is 15.3. The summed E-state index contributed by atoms with van der Waals surface area (Å²) in [5.74, 6) is 0. The molecule has 4 aromatic carbocycles. The van der Waals surface area contributed by atoms with Gasteiger partial charge in [-0.25, -0.2) is 4.98 Å². The second-order valence-corrected chi connectivity index (χ2v) is 12.0. The number of aromatic amines is 1. The van der Waals surface area contributed by atoms with Gasteiger partial charge in [-0.05, 0) is 81.8 Å². The van der Waals surface area contributed by atoms with Gasteiger partial charge in [0.05, 0.1) is 0 Å². The Labute approximate surface area is 263 Å². The summed E-state index contributed by atoms with van der Waals surface area (Å²) in [5, 5.41) is 2.37. The molecule has 0 unspecified atom stereocenters. The number of pyridine rings is 2. The summed E-state index contributed by atoms with van der Waals surface area (Å²) in [4.78, 5) is 17.5. The van der Waals surface area contributed by atoms with Crippen LogP contribution in [0.1, 0.15) is 16.7 Å². The lowest BCUT2D eigenvalue weighted by Gasteiger charge is -2.36. The molecule has 1 aliphatic heterocycles. The molecule has 7 aromatic rings. The Morgan fingerprint density at radius 3 is 2.13 bits per heavy atom. The highest BCUT2D eigenvalue weighted by Crippen LogP contribution is 2.36. The lowest BCUT2D eigenvalue weighted by Crippen LogP contribution is -2.45. The molecule has 0 bridgehead atoms. The van der Waals surface area contributed by atoms with Gasteiger partial charge in [-0.15, -0.1) is 0 Å². The number of H-pyrrole nitrogens is 1. The second-order valence-electron chi connectivity index (χ2n) is 12.0. The van der Waals surface area contributed by atoms with Crippen LogP contribution in [-0.2, 0) is 13.0 Å². The first kappa shape index (κ1) is 27.3. The number of hydrogen-bond donors (Lipinski definition) is 1. The molecule has 5 nitrogen and oxygen atoms in total. The van der Waals surface area contributed by atoms with Crippen LogP contribution < -0.4 is 4.90 Å². The molecule has 1 fully saturated rings. The summed E-state index contributed by atoms with van der Waals surface area (Å²) >= 11 is 0. The molecular formula is C40H35N5. The van der Waals surface area contributed by atoms with Gasteiger partial charge in [-0.1, -0.05) is 78.9 Å². The van der Waals surface area contributed by atoms with Crippen LogP contribution in [0.4, 0.5) is 5.69 Å². The summed E-state index contributed by atoms with van der Waals surface area (Å²) in [6.45, 7) is 5.14. The van der Waals surface area contributed by atoms with Crippen LogP contribution in [0.25, 0.3) is 44.2 Å². The van der Waals surface area contributed by atoms with Crippen LogP contribution in [0.5, 0.6) is 0 Å². The van der Waals surface area contributed by atoms with Crippen molar-refractivity contribution in [2.45, 2.75) is 13.0 Å². The average Bonchev–Trinajstić information content (AvgIpc) is 3.48. The fourth-order valence-corrected chi connectivity index (χ4v) is 6.65. The standard InChI is InChI=1S/C40H35N5/c1-2-5-29(6-3-1)25-30-8-10-33(11-9-30)36-18-20-42-40-39(36)37-26-34(14-17-38(37)43-40)32-12-15-35(16-13-32)45-23-21-44(22-24-45)28-31-7-4-19-41-27-31/h1-20,26-27H,21-25,28H2,(H,42,43). The SMILES string of the molecule is c1ccc(Cc2ccc(-c3ccnc4[nH]c5ccc(-c6ccc(N7CCN(Cc8cccnc8)CC7)cc6)cc5c34)cc2)cc1. The number of piperazine rings is 1. The van der Waals surface area contributed by atoms with Crippen molar-refractivity contribution in [3.63, 3.8) is 0 Å². The number of rotatable bonds is 7. The number of anilines is 1. The maximum absolute atomic E-state index is 4.70. The molecule has 0 atom stereocenters. The maximum atomic E-state index is 4.70. The van der Waals surface area contributed by atoms with Crippen molar-refractivity contribution in [3.05, 3.63) is 151 Å². The van der Waals surface area contributed by atoms with E-state index >= 15 is 0 Å². The molecular weight excluding hydrogens is 550 g/mol. The normalized spacial score (nSPS) is 13.9. The second kappa shape index (κ2) is 12.0. The van der Waals surface area contributed by atoms with Crippen molar-refractivity contribution in [3.8, 4) is 22.3 Å². The van der Waals surface area contributed by atoms with Gasteiger partial charge < -0.3 is 9.88 Å². The third-order valence-corrected chi connectivity index (χ3v) is 9.08. The lowest BCUT2D eigenvalue weighted by atomic mass is 9.97. The Morgan fingerprint density at radius 2 is 1.36 bits per heavy atom. The van der Waals surface area contributed by atoms with Gasteiger partial charge in [0.25, 0.3) is 0 Å². The number of nitrogens with zero attached hydrogens (tertiary/aromatic N) is 4. The fourth-order valence-electron chi connectivity index (χ4n) is 6.65. The maximum Gasteiger partial charge on any atom is 0.138 e. The van der Waals surface area contributed by atoms with E-state index in [9.17, 15) is 0 Å². The zero-order chi connectivity index (χ0) is 30.0. The predicted octanol–water partition coefficient (Wildman–Crippen LogP) is 8.36. The molecule has 1 N–H and O–H groups in total. The summed E-state index contributed by atoms with van der Waals surface area (Å²) in [6, 6.07) is 41.7. The molecule has 220 valence electrons. The van der Waals surface area contributed by atoms with Crippen LogP contribution >= 0.6 is 0 Å². The van der Waals surface area contributed by atoms with E-state index in [1.807, 2.05) is 24.7 Å². The van der Waals surface area contributed by atoms with Crippen LogP contribution in [0.2, 0.25) is 0 Å². The molecule has 0 spiro atoms. The van der Waals surface area contributed by atoms with E-state index in [-0.39, 0.29) is 0 Å². The predicted molar refractivity (Wildman–Crippen MR) is 185 cm³/mol. The first-order valence-electron chi connectivity index (χ1n) is 15.8. The van der Waals surface area contributed by atoms with Crippen molar-refractivity contribution in [1.82, 2.24) is 19.9 Å². The number of fused-ring (bicyclic) bond motifs is 3. The van der Waals surface area contributed by atoms with Gasteiger partial charge in [0.15, 0.2) is 0 Å². The minimum Gasteiger partial charge on any atom is -0.369 e. The molecule has 0 radical (unpaired) electrons. The van der Waals surface area contributed by atoms with Crippen molar-refractivity contribution >= 4 is 27.6 Å². The van der Waals surface area contributed by atoms with Gasteiger partial charge >= 0.3 is 0 Å². The third kappa shape index (κ3) is 5.70. The van der Waals surface area contributed by atoms with E-state index in [1.165, 1.54) is 55.4 Å². The largest absolute Gasteiger partial charge is 0.369 e. The van der Waals surface area contributed by atoms with Gasteiger partial charge in [0, 0.05) is 73.3 Å². The summed E-state index contributed by atoms with van der Waals surface area (Å²) < 4.78 is 0. The zero-order valence-corrected chi connectivity index (χ0v) is 25.2. The molecule has 8 rings (SSSR count). The first-order chi connectivity index (χ1) is 22.3. The highest BCUT2D eigenvalue weighted by molar-refractivity contribution is 6.13. The third-order valence-electron chi connectivity index (χ3n) is 9.08. The van der Waals surface area contributed by atoms with Crippen LogP contribution in [0.3, 0.4) is 0 Å². The van der Waals surface area contributed by atoms with Gasteiger partial charge in [0.1, 0.15) is 5.65 Å². The van der Waals surface area contributed by atoms with Crippen LogP contribution in [-0.4, -0.2) is 46.0 Å². The molecule has 0 saturated carbocycles. The summed E-state index contributed by atoms with van der Waals surface area (Å²) in [7, 11) is 0. The average molecular weight is 586 g/mol. The molecule has 0 aliphatic carbocycles. The Kier molecular flexibility index (Phi) is 7.30. The quantitative estimate of drug-likeness (QED) is 0.204. The van der Waals surface area contributed by atoms with Crippen molar-refractivity contribution in [1.29, 1.82) is 0 Å². The van der Waals surface area contributed by atoms with E-state index in [1.54, 1.807) is 0 Å². The Bertz CT molecular complexity index is 2040. The topological polar surface area (TPSA) is 48.1 Å². The Hall–Kier alpha value is -5.26. The molecule has 1 saturated heterocycles. The van der Waals surface area contributed by atoms with E-state index < -0.39 is 0 Å². The zero-order valence-electron chi connectivity index (χ0n) is 25.2. The van der Waals surface area contributed by atoms with Gasteiger partial charge in [0.2, 0.25) is 0 Å². The molecule has 4 heterocycles. The van der Waals surface area contributed by atoms with Crippen molar-refractivity contribution < 1.29 is 0 Å². The minimum absolute atomic E-state index is 0.922. The van der Waals surface area contributed by atoms with E-state index in [2.05, 4.69) is 129 Å². The minimum atomic E-state index is 0.922. The first-order valence-corrected chi connectivity index (χ1v) is 15.8. The van der Waals surface area contributed by atoms with Gasteiger partial charge in [-0.3, -0.25) is 9.88 Å². The van der Waals surface area contributed by atoms with Gasteiger partial charge in [-0.2, -0.15) is 0 Å². The monoisotopic (exact) mass is 585 g/mol. The number of aromatic nitrogens is 3. The number of nitrogens with one attached hydrogen (secondary N) is 1. The number of benzene rings is 4. The molecule has 5 heteroatoms. The van der Waals surface area contributed by atoms with Crippen LogP contribution in [0, 0.1) is 0 Å². The highest BCUT2D eigenvalue weighted by Gasteiger charge is 2.18. The molecule has 45 heavy (non-hydrogen) atoms. The van der Waals surface area contributed by atoms with Crippen molar-refractivity contribution in [2.75, 3.05) is 31.1 Å². The smallest absolute Gasteiger partial charge is 0.138 e. The molecule has 0 amide bonds. The lowest BCUT2D eigenvalue weighted by molar-refractivity contribution is 0.249. The van der Waals surface area contributed by atoms with Crippen molar-refractivity contribution in [2.24, 2.45) is 0 Å². The Balaban J connectivity index is 1.02. The summed E-state index contributed by atoms with van der Waals surface area (Å²) in [5.41, 5.74) is 12.1. The molecule has 3 aromatic heterocycles.